The Morgan fingerprint density at radius 2 is 1.73 bits per heavy atom. The zero-order chi connectivity index (χ0) is 16.0. The molecule has 0 fully saturated rings. The molecule has 0 aliphatic carbocycles. The molecule has 5 nitrogen and oxygen atoms in total. The second-order valence-corrected chi connectivity index (χ2v) is 6.56. The van der Waals surface area contributed by atoms with Gasteiger partial charge in [0, 0.05) is 6.07 Å². The molecule has 2 aromatic rings. The monoisotopic (exact) mass is 321 g/mol. The van der Waals surface area contributed by atoms with Crippen LogP contribution >= 0.6 is 0 Å². The average Bonchev–Trinajstić information content (AvgIpc) is 2.54. The fourth-order valence-electron chi connectivity index (χ4n) is 2.00. The van der Waals surface area contributed by atoms with Gasteiger partial charge in [-0.3, -0.25) is 4.72 Å². The van der Waals surface area contributed by atoms with E-state index in [0.29, 0.717) is 23.6 Å². The first-order valence-corrected chi connectivity index (χ1v) is 8.46. The molecule has 118 valence electrons. The summed E-state index contributed by atoms with van der Waals surface area (Å²) in [6.45, 7) is 0. The first-order valence-electron chi connectivity index (χ1n) is 6.80. The Labute approximate surface area is 130 Å². The molecule has 2 rings (SSSR count). The maximum atomic E-state index is 12.2. The maximum Gasteiger partial charge on any atom is 0.233 e. The number of hydrogen-bond donors (Lipinski definition) is 1. The normalized spacial score (nSPS) is 11.0. The van der Waals surface area contributed by atoms with Crippen molar-refractivity contribution in [2.75, 3.05) is 24.7 Å². The molecule has 1 N–H and O–H groups in total. The van der Waals surface area contributed by atoms with Crippen LogP contribution in [0.3, 0.4) is 0 Å². The molecule has 0 amide bonds. The number of aryl methyl sites for hydroxylation is 1. The van der Waals surface area contributed by atoms with Crippen LogP contribution in [0.15, 0.2) is 48.5 Å². The minimum atomic E-state index is -3.46. The van der Waals surface area contributed by atoms with Crippen LogP contribution in [0.5, 0.6) is 11.5 Å². The van der Waals surface area contributed by atoms with Gasteiger partial charge >= 0.3 is 0 Å². The van der Waals surface area contributed by atoms with Crippen molar-refractivity contribution in [2.45, 2.75) is 6.42 Å². The van der Waals surface area contributed by atoms with E-state index in [4.69, 9.17) is 9.47 Å². The molecule has 0 radical (unpaired) electrons. The van der Waals surface area contributed by atoms with Crippen molar-refractivity contribution in [2.24, 2.45) is 0 Å². The Morgan fingerprint density at radius 1 is 1.00 bits per heavy atom. The number of nitrogens with one attached hydrogen (secondary N) is 1. The SMILES string of the molecule is COc1ccc(NS(=O)(=O)CCc2ccccc2)c(OC)c1. The molecule has 0 unspecified atom stereocenters. The van der Waals surface area contributed by atoms with Gasteiger partial charge in [0.15, 0.2) is 0 Å². The van der Waals surface area contributed by atoms with E-state index in [1.165, 1.54) is 7.11 Å². The fourth-order valence-corrected chi connectivity index (χ4v) is 3.11. The standard InChI is InChI=1S/C16H19NO4S/c1-20-14-8-9-15(16(12-14)21-2)17-22(18,19)11-10-13-6-4-3-5-7-13/h3-9,12,17H,10-11H2,1-2H3. The lowest BCUT2D eigenvalue weighted by Crippen LogP contribution is -2.18. The van der Waals surface area contributed by atoms with Crippen LogP contribution in [0.2, 0.25) is 0 Å². The van der Waals surface area contributed by atoms with E-state index in [1.54, 1.807) is 25.3 Å². The van der Waals surface area contributed by atoms with Crippen molar-refractivity contribution < 1.29 is 17.9 Å². The summed E-state index contributed by atoms with van der Waals surface area (Å²) in [5.41, 5.74) is 1.38. The second-order valence-electron chi connectivity index (χ2n) is 4.72. The van der Waals surface area contributed by atoms with Gasteiger partial charge in [0.2, 0.25) is 10.0 Å². The molecule has 22 heavy (non-hydrogen) atoms. The molecule has 0 spiro atoms. The highest BCUT2D eigenvalue weighted by Gasteiger charge is 2.14. The molecule has 0 heterocycles. The number of ether oxygens (including phenoxy) is 2. The van der Waals surface area contributed by atoms with E-state index in [2.05, 4.69) is 4.72 Å². The van der Waals surface area contributed by atoms with Gasteiger partial charge in [-0.05, 0) is 24.1 Å². The first kappa shape index (κ1) is 16.2. The predicted molar refractivity (Wildman–Crippen MR) is 87.1 cm³/mol. The fraction of sp³-hybridized carbons (Fsp3) is 0.250. The quantitative estimate of drug-likeness (QED) is 0.851. The Morgan fingerprint density at radius 3 is 2.36 bits per heavy atom. The van der Waals surface area contributed by atoms with Crippen molar-refractivity contribution in [3.63, 3.8) is 0 Å². The molecule has 2 aromatic carbocycles. The summed E-state index contributed by atoms with van der Waals surface area (Å²) < 4.78 is 37.2. The summed E-state index contributed by atoms with van der Waals surface area (Å²) in [6, 6.07) is 14.4. The topological polar surface area (TPSA) is 64.6 Å². The van der Waals surface area contributed by atoms with E-state index in [1.807, 2.05) is 30.3 Å². The predicted octanol–water partition coefficient (Wildman–Crippen LogP) is 2.69. The van der Waals surface area contributed by atoms with Crippen LogP contribution in [0.4, 0.5) is 5.69 Å². The summed E-state index contributed by atoms with van der Waals surface area (Å²) >= 11 is 0. The summed E-state index contributed by atoms with van der Waals surface area (Å²) in [5.74, 6) is 1.03. The average molecular weight is 321 g/mol. The van der Waals surface area contributed by atoms with Crippen LogP contribution in [0, 0.1) is 0 Å². The van der Waals surface area contributed by atoms with E-state index >= 15 is 0 Å². The lowest BCUT2D eigenvalue weighted by atomic mass is 10.2. The molecule has 0 atom stereocenters. The molecule has 0 saturated heterocycles. The van der Waals surface area contributed by atoms with Crippen LogP contribution in [-0.4, -0.2) is 28.4 Å². The van der Waals surface area contributed by atoms with E-state index in [9.17, 15) is 8.42 Å². The summed E-state index contributed by atoms with van der Waals surface area (Å²) in [4.78, 5) is 0. The number of hydrogen-bond acceptors (Lipinski definition) is 4. The number of rotatable bonds is 7. The van der Waals surface area contributed by atoms with Gasteiger partial charge in [0.05, 0.1) is 25.7 Å². The Kier molecular flexibility index (Phi) is 5.27. The summed E-state index contributed by atoms with van der Waals surface area (Å²) in [7, 11) is -0.433. The minimum absolute atomic E-state index is 0.00615. The van der Waals surface area contributed by atoms with Gasteiger partial charge in [-0.2, -0.15) is 0 Å². The van der Waals surface area contributed by atoms with E-state index in [0.717, 1.165) is 5.56 Å². The van der Waals surface area contributed by atoms with E-state index < -0.39 is 10.0 Å². The smallest absolute Gasteiger partial charge is 0.233 e. The highest BCUT2D eigenvalue weighted by atomic mass is 32.2. The molecule has 0 aromatic heterocycles. The first-order chi connectivity index (χ1) is 10.5. The maximum absolute atomic E-state index is 12.2. The third-order valence-corrected chi connectivity index (χ3v) is 4.45. The molecule has 0 aliphatic heterocycles. The Hall–Kier alpha value is -2.21. The third-order valence-electron chi connectivity index (χ3n) is 3.18. The van der Waals surface area contributed by atoms with Gasteiger partial charge in [-0.15, -0.1) is 0 Å². The van der Waals surface area contributed by atoms with Gasteiger partial charge < -0.3 is 9.47 Å². The minimum Gasteiger partial charge on any atom is -0.497 e. The number of methoxy groups -OCH3 is 2. The highest BCUT2D eigenvalue weighted by Crippen LogP contribution is 2.29. The number of anilines is 1. The van der Waals surface area contributed by atoms with Crippen molar-refractivity contribution in [3.05, 3.63) is 54.1 Å². The number of benzene rings is 2. The van der Waals surface area contributed by atoms with Crippen LogP contribution in [0.1, 0.15) is 5.56 Å². The lowest BCUT2D eigenvalue weighted by Gasteiger charge is -2.13. The van der Waals surface area contributed by atoms with Gasteiger partial charge in [0.1, 0.15) is 11.5 Å². The molecule has 0 saturated carbocycles. The largest absolute Gasteiger partial charge is 0.497 e. The van der Waals surface area contributed by atoms with Crippen molar-refractivity contribution >= 4 is 15.7 Å². The van der Waals surface area contributed by atoms with Gasteiger partial charge in [-0.25, -0.2) is 8.42 Å². The number of sulfonamides is 1. The van der Waals surface area contributed by atoms with Crippen LogP contribution in [0.25, 0.3) is 0 Å². The summed E-state index contributed by atoms with van der Waals surface area (Å²) in [6.07, 6.45) is 0.453. The zero-order valence-electron chi connectivity index (χ0n) is 12.6. The van der Waals surface area contributed by atoms with Crippen LogP contribution < -0.4 is 14.2 Å². The molecular formula is C16H19NO4S. The summed E-state index contributed by atoms with van der Waals surface area (Å²) in [5, 5.41) is 0. The molecule has 6 heteroatoms. The highest BCUT2D eigenvalue weighted by molar-refractivity contribution is 7.92. The van der Waals surface area contributed by atoms with Gasteiger partial charge in [0.25, 0.3) is 0 Å². The van der Waals surface area contributed by atoms with Crippen LogP contribution in [-0.2, 0) is 16.4 Å². The van der Waals surface area contributed by atoms with Crippen molar-refractivity contribution in [1.29, 1.82) is 0 Å². The third kappa shape index (κ3) is 4.39. The molecular weight excluding hydrogens is 302 g/mol. The Bertz CT molecular complexity index is 714. The Balaban J connectivity index is 2.08. The van der Waals surface area contributed by atoms with Crippen molar-refractivity contribution in [1.82, 2.24) is 0 Å². The van der Waals surface area contributed by atoms with Crippen molar-refractivity contribution in [3.8, 4) is 11.5 Å². The lowest BCUT2D eigenvalue weighted by molar-refractivity contribution is 0.395. The second kappa shape index (κ2) is 7.17. The van der Waals surface area contributed by atoms with Gasteiger partial charge in [-0.1, -0.05) is 30.3 Å². The molecule has 0 bridgehead atoms. The molecule has 0 aliphatic rings. The van der Waals surface area contributed by atoms with E-state index in [-0.39, 0.29) is 5.75 Å². The zero-order valence-corrected chi connectivity index (χ0v) is 13.4.